The first-order valence-corrected chi connectivity index (χ1v) is 10.5. The molecule has 2 aromatic heterocycles. The number of aromatic nitrogens is 1. The van der Waals surface area contributed by atoms with Crippen molar-refractivity contribution in [3.63, 3.8) is 0 Å². The van der Waals surface area contributed by atoms with Crippen LogP contribution in [0.5, 0.6) is 5.75 Å². The van der Waals surface area contributed by atoms with E-state index in [1.807, 2.05) is 18.2 Å². The van der Waals surface area contributed by atoms with Crippen LogP contribution >= 0.6 is 11.3 Å². The van der Waals surface area contributed by atoms with Crippen molar-refractivity contribution in [1.82, 2.24) is 4.98 Å². The maximum absolute atomic E-state index is 13.3. The number of methoxy groups -OCH3 is 1. The van der Waals surface area contributed by atoms with Crippen LogP contribution in [0.4, 0.5) is 5.69 Å². The number of rotatable bonds is 6. The van der Waals surface area contributed by atoms with Crippen molar-refractivity contribution in [1.29, 1.82) is 0 Å². The van der Waals surface area contributed by atoms with Gasteiger partial charge in [-0.05, 0) is 35.7 Å². The first kappa shape index (κ1) is 17.6. The van der Waals surface area contributed by atoms with Crippen molar-refractivity contribution in [2.24, 2.45) is 0 Å². The molecule has 0 N–H and O–H groups in total. The molecule has 0 saturated heterocycles. The number of ether oxygens (including phenoxy) is 1. The molecule has 0 amide bonds. The van der Waals surface area contributed by atoms with E-state index in [0.29, 0.717) is 28.4 Å². The van der Waals surface area contributed by atoms with Gasteiger partial charge in [0.1, 0.15) is 22.0 Å². The number of benzene rings is 2. The predicted molar refractivity (Wildman–Crippen MR) is 105 cm³/mol. The second kappa shape index (κ2) is 7.05. The van der Waals surface area contributed by atoms with Crippen LogP contribution in [0.3, 0.4) is 0 Å². The third-order valence-corrected chi connectivity index (χ3v) is 7.14. The minimum Gasteiger partial charge on any atom is -0.495 e. The number of hydrogen-bond acceptors (Lipinski definition) is 6. The molecule has 27 heavy (non-hydrogen) atoms. The summed E-state index contributed by atoms with van der Waals surface area (Å²) in [5.74, 6) is 0.760. The van der Waals surface area contributed by atoms with E-state index in [4.69, 9.17) is 9.15 Å². The van der Waals surface area contributed by atoms with Gasteiger partial charge in [-0.15, -0.1) is 11.3 Å². The van der Waals surface area contributed by atoms with Gasteiger partial charge in [-0.25, -0.2) is 13.4 Å². The molecule has 138 valence electrons. The highest BCUT2D eigenvalue weighted by atomic mass is 32.2. The quantitative estimate of drug-likeness (QED) is 0.483. The fraction of sp³-hybridized carbons (Fsp3) is 0.105. The number of anilines is 1. The summed E-state index contributed by atoms with van der Waals surface area (Å²) in [4.78, 5) is 4.42. The summed E-state index contributed by atoms with van der Waals surface area (Å²) >= 11 is 1.16. The van der Waals surface area contributed by atoms with Crippen molar-refractivity contribution in [2.45, 2.75) is 10.8 Å². The first-order valence-electron chi connectivity index (χ1n) is 8.13. The van der Waals surface area contributed by atoms with Crippen molar-refractivity contribution < 1.29 is 17.6 Å². The van der Waals surface area contributed by atoms with Crippen molar-refractivity contribution in [3.8, 4) is 5.75 Å². The lowest BCUT2D eigenvalue weighted by molar-refractivity contribution is 0.414. The summed E-state index contributed by atoms with van der Waals surface area (Å²) in [5.41, 5.74) is 1.72. The molecule has 4 rings (SSSR count). The molecule has 2 heterocycles. The number of para-hydroxylation sites is 4. The van der Waals surface area contributed by atoms with E-state index in [-0.39, 0.29) is 10.8 Å². The highest BCUT2D eigenvalue weighted by molar-refractivity contribution is 7.94. The Morgan fingerprint density at radius 1 is 1.07 bits per heavy atom. The van der Waals surface area contributed by atoms with Crippen LogP contribution in [0, 0.1) is 0 Å². The summed E-state index contributed by atoms with van der Waals surface area (Å²) in [6.07, 6.45) is 0. The first-order chi connectivity index (χ1) is 13.1. The van der Waals surface area contributed by atoms with E-state index in [1.54, 1.807) is 47.8 Å². The highest BCUT2D eigenvalue weighted by Gasteiger charge is 2.29. The number of sulfonamides is 1. The van der Waals surface area contributed by atoms with Crippen LogP contribution in [-0.2, 0) is 16.6 Å². The third kappa shape index (κ3) is 3.29. The van der Waals surface area contributed by atoms with Gasteiger partial charge in [-0.1, -0.05) is 30.3 Å². The summed E-state index contributed by atoms with van der Waals surface area (Å²) in [7, 11) is -2.30. The Morgan fingerprint density at radius 2 is 1.85 bits per heavy atom. The molecule has 2 aromatic carbocycles. The third-order valence-electron chi connectivity index (χ3n) is 4.01. The second-order valence-corrected chi connectivity index (χ2v) is 8.73. The van der Waals surface area contributed by atoms with Gasteiger partial charge in [0.2, 0.25) is 5.89 Å². The van der Waals surface area contributed by atoms with Gasteiger partial charge in [0, 0.05) is 0 Å². The van der Waals surface area contributed by atoms with Gasteiger partial charge in [-0.3, -0.25) is 4.31 Å². The van der Waals surface area contributed by atoms with E-state index in [0.717, 1.165) is 11.3 Å². The zero-order valence-electron chi connectivity index (χ0n) is 14.4. The van der Waals surface area contributed by atoms with Crippen molar-refractivity contribution in [2.75, 3.05) is 11.4 Å². The van der Waals surface area contributed by atoms with E-state index in [2.05, 4.69) is 4.98 Å². The lowest BCUT2D eigenvalue weighted by Crippen LogP contribution is -2.30. The maximum atomic E-state index is 13.3. The van der Waals surface area contributed by atoms with Crippen molar-refractivity contribution in [3.05, 3.63) is 71.9 Å². The summed E-state index contributed by atoms with van der Waals surface area (Å²) in [5, 5.41) is 1.73. The SMILES string of the molecule is COc1ccccc1N(Cc1nc2ccccc2o1)S(=O)(=O)c1cccs1. The average Bonchev–Trinajstić information content (AvgIpc) is 3.35. The second-order valence-electron chi connectivity index (χ2n) is 5.69. The minimum atomic E-state index is -3.81. The van der Waals surface area contributed by atoms with E-state index >= 15 is 0 Å². The Balaban J connectivity index is 1.83. The molecule has 8 heteroatoms. The molecule has 0 aliphatic carbocycles. The fourth-order valence-corrected chi connectivity index (χ4v) is 5.29. The number of thiophene rings is 1. The van der Waals surface area contributed by atoms with Crippen LogP contribution in [0.1, 0.15) is 5.89 Å². The molecule has 0 spiro atoms. The van der Waals surface area contributed by atoms with Crippen LogP contribution in [0.15, 0.2) is 74.7 Å². The summed E-state index contributed by atoms with van der Waals surface area (Å²) in [6.45, 7) is -0.0463. The standard InChI is InChI=1S/C19H16N2O4S2/c1-24-17-10-5-3-8-15(17)21(27(22,23)19-11-6-12-26-19)13-18-20-14-7-2-4-9-16(14)25-18/h2-12H,13H2,1H3. The number of fused-ring (bicyclic) bond motifs is 1. The molecule has 0 unspecified atom stereocenters. The molecule has 4 aromatic rings. The topological polar surface area (TPSA) is 72.6 Å². The monoisotopic (exact) mass is 400 g/mol. The van der Waals surface area contributed by atoms with Gasteiger partial charge in [-0.2, -0.15) is 0 Å². The molecular formula is C19H16N2O4S2. The number of nitrogens with zero attached hydrogens (tertiary/aromatic N) is 2. The highest BCUT2D eigenvalue weighted by Crippen LogP contribution is 2.35. The molecule has 0 aliphatic heterocycles. The molecule has 6 nitrogen and oxygen atoms in total. The molecule has 0 bridgehead atoms. The maximum Gasteiger partial charge on any atom is 0.274 e. The van der Waals surface area contributed by atoms with Gasteiger partial charge < -0.3 is 9.15 Å². The van der Waals surface area contributed by atoms with Crippen LogP contribution < -0.4 is 9.04 Å². The summed E-state index contributed by atoms with van der Waals surface area (Å²) in [6, 6.07) is 17.6. The van der Waals surface area contributed by atoms with E-state index < -0.39 is 10.0 Å². The Morgan fingerprint density at radius 3 is 2.59 bits per heavy atom. The average molecular weight is 400 g/mol. The zero-order chi connectivity index (χ0) is 18.9. The minimum absolute atomic E-state index is 0.0463. The number of hydrogen-bond donors (Lipinski definition) is 0. The Labute approximate surface area is 160 Å². The Bertz CT molecular complexity index is 1130. The molecule has 0 saturated carbocycles. The lowest BCUT2D eigenvalue weighted by atomic mass is 10.3. The summed E-state index contributed by atoms with van der Waals surface area (Å²) < 4.78 is 39.2. The lowest BCUT2D eigenvalue weighted by Gasteiger charge is -2.24. The number of oxazole rings is 1. The smallest absolute Gasteiger partial charge is 0.274 e. The molecule has 0 aliphatic rings. The van der Waals surface area contributed by atoms with Gasteiger partial charge in [0.05, 0.1) is 12.8 Å². The largest absolute Gasteiger partial charge is 0.495 e. The van der Waals surface area contributed by atoms with Gasteiger partial charge in [0.25, 0.3) is 10.0 Å². The van der Waals surface area contributed by atoms with Crippen LogP contribution in [0.2, 0.25) is 0 Å². The van der Waals surface area contributed by atoms with Crippen LogP contribution in [-0.4, -0.2) is 20.5 Å². The molecular weight excluding hydrogens is 384 g/mol. The molecule has 0 fully saturated rings. The molecule has 0 radical (unpaired) electrons. The van der Waals surface area contributed by atoms with Crippen LogP contribution in [0.25, 0.3) is 11.1 Å². The zero-order valence-corrected chi connectivity index (χ0v) is 16.0. The Hall–Kier alpha value is -2.84. The van der Waals surface area contributed by atoms with Crippen molar-refractivity contribution >= 4 is 38.1 Å². The molecule has 0 atom stereocenters. The normalized spacial score (nSPS) is 11.6. The van der Waals surface area contributed by atoms with E-state index in [9.17, 15) is 8.42 Å². The predicted octanol–water partition coefficient (Wildman–Crippen LogP) is 4.29. The fourth-order valence-electron chi connectivity index (χ4n) is 2.76. The van der Waals surface area contributed by atoms with Gasteiger partial charge >= 0.3 is 0 Å². The van der Waals surface area contributed by atoms with Gasteiger partial charge in [0.15, 0.2) is 5.58 Å². The Kier molecular flexibility index (Phi) is 4.59. The van der Waals surface area contributed by atoms with E-state index in [1.165, 1.54) is 11.4 Å².